The van der Waals surface area contributed by atoms with E-state index in [-0.39, 0.29) is 26.4 Å². The highest BCUT2D eigenvalue weighted by molar-refractivity contribution is 5.39. The van der Waals surface area contributed by atoms with E-state index in [2.05, 4.69) is 21.9 Å². The molecular weight excluding hydrogens is 398 g/mol. The normalized spacial score (nSPS) is 11.1. The summed E-state index contributed by atoms with van der Waals surface area (Å²) in [6.45, 7) is 3.15. The topological polar surface area (TPSA) is 126 Å². The number of aliphatic hydroxyl groups is 4. The van der Waals surface area contributed by atoms with Crippen molar-refractivity contribution >= 4 is 11.9 Å². The zero-order chi connectivity index (χ0) is 22.7. The number of rotatable bonds is 20. The summed E-state index contributed by atoms with van der Waals surface area (Å²) in [6.07, 6.45) is 11.9. The van der Waals surface area contributed by atoms with Gasteiger partial charge >= 0.3 is 0 Å². The first kappa shape index (κ1) is 27.5. The van der Waals surface area contributed by atoms with E-state index in [4.69, 9.17) is 0 Å². The van der Waals surface area contributed by atoms with E-state index in [1.807, 2.05) is 0 Å². The summed E-state index contributed by atoms with van der Waals surface area (Å²) >= 11 is 0. The molecule has 0 aromatic carbocycles. The zero-order valence-corrected chi connectivity index (χ0v) is 19.3. The van der Waals surface area contributed by atoms with Gasteiger partial charge in [0.2, 0.25) is 11.9 Å². The molecule has 9 heteroatoms. The van der Waals surface area contributed by atoms with Gasteiger partial charge in [-0.3, -0.25) is 0 Å². The van der Waals surface area contributed by atoms with Gasteiger partial charge < -0.3 is 30.2 Å². The molecule has 0 radical (unpaired) electrons. The standard InChI is InChI=1S/C22H43N5O4/c1-2-3-4-5-6-7-8-9-10-11-20-23-21(26(12-16-28)13-17-29)25-22(24-20)27(14-18-30)15-19-31/h28-31H,2-19H2,1H3. The molecule has 9 nitrogen and oxygen atoms in total. The Kier molecular flexibility index (Phi) is 16.0. The van der Waals surface area contributed by atoms with Crippen LogP contribution in [-0.2, 0) is 6.42 Å². The highest BCUT2D eigenvalue weighted by atomic mass is 16.3. The van der Waals surface area contributed by atoms with Crippen LogP contribution in [0.4, 0.5) is 11.9 Å². The van der Waals surface area contributed by atoms with Crippen LogP contribution in [0, 0.1) is 0 Å². The zero-order valence-electron chi connectivity index (χ0n) is 19.3. The van der Waals surface area contributed by atoms with Crippen molar-refractivity contribution in [2.24, 2.45) is 0 Å². The number of aromatic nitrogens is 3. The van der Waals surface area contributed by atoms with E-state index in [0.29, 0.717) is 43.9 Å². The maximum Gasteiger partial charge on any atom is 0.230 e. The van der Waals surface area contributed by atoms with Crippen LogP contribution in [0.3, 0.4) is 0 Å². The highest BCUT2D eigenvalue weighted by Crippen LogP contribution is 2.16. The minimum Gasteiger partial charge on any atom is -0.395 e. The van der Waals surface area contributed by atoms with Crippen molar-refractivity contribution in [3.05, 3.63) is 5.82 Å². The van der Waals surface area contributed by atoms with Crippen molar-refractivity contribution in [2.45, 2.75) is 71.1 Å². The van der Waals surface area contributed by atoms with Crippen LogP contribution in [0.1, 0.15) is 70.5 Å². The lowest BCUT2D eigenvalue weighted by molar-refractivity contribution is 0.279. The van der Waals surface area contributed by atoms with Gasteiger partial charge in [-0.1, -0.05) is 58.3 Å². The molecule has 4 N–H and O–H groups in total. The van der Waals surface area contributed by atoms with E-state index < -0.39 is 0 Å². The molecule has 0 spiro atoms. The van der Waals surface area contributed by atoms with Crippen molar-refractivity contribution in [3.63, 3.8) is 0 Å². The minimum absolute atomic E-state index is 0.0778. The van der Waals surface area contributed by atoms with E-state index in [9.17, 15) is 20.4 Å². The molecule has 0 unspecified atom stereocenters. The highest BCUT2D eigenvalue weighted by Gasteiger charge is 2.17. The fourth-order valence-corrected chi connectivity index (χ4v) is 3.49. The van der Waals surface area contributed by atoms with Crippen LogP contribution < -0.4 is 9.80 Å². The molecule has 1 aromatic heterocycles. The number of unbranched alkanes of at least 4 members (excludes halogenated alkanes) is 8. The largest absolute Gasteiger partial charge is 0.395 e. The van der Waals surface area contributed by atoms with Crippen LogP contribution in [0.25, 0.3) is 0 Å². The monoisotopic (exact) mass is 441 g/mol. The van der Waals surface area contributed by atoms with Gasteiger partial charge in [0.25, 0.3) is 0 Å². The Hall–Kier alpha value is -1.55. The lowest BCUT2D eigenvalue weighted by Gasteiger charge is -2.25. The number of nitrogens with zero attached hydrogens (tertiary/aromatic N) is 5. The molecule has 0 amide bonds. The van der Waals surface area contributed by atoms with Crippen molar-refractivity contribution in [3.8, 4) is 0 Å². The van der Waals surface area contributed by atoms with Crippen molar-refractivity contribution in [1.82, 2.24) is 15.0 Å². The third-order valence-corrected chi connectivity index (χ3v) is 5.21. The van der Waals surface area contributed by atoms with Gasteiger partial charge in [-0.25, -0.2) is 0 Å². The third kappa shape index (κ3) is 11.6. The van der Waals surface area contributed by atoms with Gasteiger partial charge in [-0.2, -0.15) is 15.0 Å². The number of aryl methyl sites for hydroxylation is 1. The maximum atomic E-state index is 9.36. The fourth-order valence-electron chi connectivity index (χ4n) is 3.49. The molecule has 0 bridgehead atoms. The lowest BCUT2D eigenvalue weighted by atomic mass is 10.1. The Morgan fingerprint density at radius 1 is 0.548 bits per heavy atom. The third-order valence-electron chi connectivity index (χ3n) is 5.21. The number of hydrogen-bond acceptors (Lipinski definition) is 9. The van der Waals surface area contributed by atoms with Crippen LogP contribution in [0.5, 0.6) is 0 Å². The number of aliphatic hydroxyl groups excluding tert-OH is 4. The molecule has 0 aliphatic rings. The Balaban J connectivity index is 2.77. The maximum absolute atomic E-state index is 9.36. The van der Waals surface area contributed by atoms with Crippen molar-refractivity contribution < 1.29 is 20.4 Å². The number of anilines is 2. The van der Waals surface area contributed by atoms with Crippen LogP contribution in [-0.4, -0.2) is 88.0 Å². The smallest absolute Gasteiger partial charge is 0.230 e. The summed E-state index contributed by atoms with van der Waals surface area (Å²) in [7, 11) is 0. The predicted octanol–water partition coefficient (Wildman–Crippen LogP) is 1.53. The quantitative estimate of drug-likeness (QED) is 0.223. The first-order valence-corrected chi connectivity index (χ1v) is 11.9. The van der Waals surface area contributed by atoms with E-state index in [1.165, 1.54) is 44.9 Å². The van der Waals surface area contributed by atoms with Crippen molar-refractivity contribution in [2.75, 3.05) is 62.4 Å². The van der Waals surface area contributed by atoms with Gasteiger partial charge in [-0.15, -0.1) is 0 Å². The van der Waals surface area contributed by atoms with Crippen molar-refractivity contribution in [1.29, 1.82) is 0 Å². The summed E-state index contributed by atoms with van der Waals surface area (Å²) < 4.78 is 0. The minimum atomic E-state index is -0.0778. The molecule has 1 rings (SSSR count). The molecule has 0 saturated carbocycles. The van der Waals surface area contributed by atoms with Crippen LogP contribution in [0.15, 0.2) is 0 Å². The Labute approximate surface area is 187 Å². The van der Waals surface area contributed by atoms with Gasteiger partial charge in [0.05, 0.1) is 26.4 Å². The first-order chi connectivity index (χ1) is 15.2. The van der Waals surface area contributed by atoms with Gasteiger partial charge in [0.15, 0.2) is 0 Å². The average molecular weight is 442 g/mol. The lowest BCUT2D eigenvalue weighted by Crippen LogP contribution is -2.35. The van der Waals surface area contributed by atoms with Crippen LogP contribution in [0.2, 0.25) is 0 Å². The second-order valence-electron chi connectivity index (χ2n) is 7.80. The summed E-state index contributed by atoms with van der Waals surface area (Å²) in [5, 5.41) is 37.4. The Bertz CT molecular complexity index is 518. The number of hydrogen-bond donors (Lipinski definition) is 4. The Morgan fingerprint density at radius 3 is 1.32 bits per heavy atom. The second kappa shape index (κ2) is 18.1. The fraction of sp³-hybridized carbons (Fsp3) is 0.864. The molecule has 0 aliphatic heterocycles. The van der Waals surface area contributed by atoms with Crippen LogP contribution >= 0.6 is 0 Å². The predicted molar refractivity (Wildman–Crippen MR) is 124 cm³/mol. The summed E-state index contributed by atoms with van der Waals surface area (Å²) in [5.74, 6) is 1.46. The molecule has 0 aliphatic carbocycles. The van der Waals surface area contributed by atoms with E-state index in [0.717, 1.165) is 19.3 Å². The van der Waals surface area contributed by atoms with Gasteiger partial charge in [0, 0.05) is 32.6 Å². The van der Waals surface area contributed by atoms with Gasteiger partial charge in [0.1, 0.15) is 5.82 Å². The second-order valence-corrected chi connectivity index (χ2v) is 7.80. The molecule has 1 heterocycles. The van der Waals surface area contributed by atoms with E-state index >= 15 is 0 Å². The molecule has 1 aromatic rings. The molecular formula is C22H43N5O4. The molecule has 31 heavy (non-hydrogen) atoms. The molecule has 0 fully saturated rings. The summed E-state index contributed by atoms with van der Waals surface area (Å²) in [5.41, 5.74) is 0. The summed E-state index contributed by atoms with van der Waals surface area (Å²) in [6, 6.07) is 0. The molecule has 180 valence electrons. The first-order valence-electron chi connectivity index (χ1n) is 11.9. The average Bonchev–Trinajstić information content (AvgIpc) is 2.77. The van der Waals surface area contributed by atoms with Gasteiger partial charge in [-0.05, 0) is 6.42 Å². The molecule has 0 saturated heterocycles. The SMILES string of the molecule is CCCCCCCCCCCc1nc(N(CCO)CCO)nc(N(CCO)CCO)n1. The summed E-state index contributed by atoms with van der Waals surface area (Å²) in [4.78, 5) is 17.1. The Morgan fingerprint density at radius 2 is 0.935 bits per heavy atom. The van der Waals surface area contributed by atoms with E-state index in [1.54, 1.807) is 9.80 Å². The molecule has 0 atom stereocenters.